The van der Waals surface area contributed by atoms with Gasteiger partial charge in [0.25, 0.3) is 5.91 Å². The molecule has 31 heavy (non-hydrogen) atoms. The van der Waals surface area contributed by atoms with Gasteiger partial charge in [0.1, 0.15) is 5.56 Å². The summed E-state index contributed by atoms with van der Waals surface area (Å²) in [6.07, 6.45) is 1.55. The van der Waals surface area contributed by atoms with Crippen LogP contribution in [0.15, 0.2) is 40.9 Å². The van der Waals surface area contributed by atoms with Crippen LogP contribution in [0.3, 0.4) is 0 Å². The Labute approximate surface area is 172 Å². The molecule has 0 spiro atoms. The van der Waals surface area contributed by atoms with Crippen molar-refractivity contribution in [2.24, 2.45) is 0 Å². The number of carbonyl (C=O) groups is 1. The van der Waals surface area contributed by atoms with Crippen molar-refractivity contribution in [2.45, 2.75) is 6.92 Å². The van der Waals surface area contributed by atoms with E-state index in [1.165, 1.54) is 6.07 Å². The Morgan fingerprint density at radius 1 is 1.03 bits per heavy atom. The molecule has 0 aliphatic heterocycles. The zero-order chi connectivity index (χ0) is 22.3. The van der Waals surface area contributed by atoms with Crippen LogP contribution >= 0.6 is 0 Å². The van der Waals surface area contributed by atoms with Crippen molar-refractivity contribution in [3.63, 3.8) is 0 Å². The van der Waals surface area contributed by atoms with E-state index in [0.717, 1.165) is 7.11 Å². The molecule has 158 valence electrons. The van der Waals surface area contributed by atoms with Crippen molar-refractivity contribution in [2.75, 3.05) is 12.4 Å². The monoisotopic (exact) mass is 431 g/mol. The molecular formula is C21H13F4N3O3. The van der Waals surface area contributed by atoms with Crippen molar-refractivity contribution in [3.05, 3.63) is 70.9 Å². The molecule has 0 atom stereocenters. The van der Waals surface area contributed by atoms with E-state index in [4.69, 9.17) is 4.42 Å². The van der Waals surface area contributed by atoms with Crippen LogP contribution in [-0.4, -0.2) is 23.0 Å². The summed E-state index contributed by atoms with van der Waals surface area (Å²) >= 11 is 0. The molecule has 2 heterocycles. The molecule has 0 unspecified atom stereocenters. The lowest BCUT2D eigenvalue weighted by Gasteiger charge is -2.13. The van der Waals surface area contributed by atoms with E-state index in [2.05, 4.69) is 20.0 Å². The molecule has 0 bridgehead atoms. The summed E-state index contributed by atoms with van der Waals surface area (Å²) in [7, 11) is 0.864. The van der Waals surface area contributed by atoms with Crippen LogP contribution in [0.1, 0.15) is 15.9 Å². The molecular weight excluding hydrogens is 418 g/mol. The molecule has 0 saturated heterocycles. The number of oxazole rings is 1. The first-order valence-electron chi connectivity index (χ1n) is 8.86. The molecule has 0 saturated carbocycles. The molecule has 1 N–H and O–H groups in total. The topological polar surface area (TPSA) is 77.2 Å². The predicted octanol–water partition coefficient (Wildman–Crippen LogP) is 5.02. The van der Waals surface area contributed by atoms with Gasteiger partial charge in [-0.3, -0.25) is 4.79 Å². The minimum Gasteiger partial charge on any atom is -0.491 e. The molecule has 2 aromatic heterocycles. The number of carbonyl (C=O) groups excluding carboxylic acids is 1. The van der Waals surface area contributed by atoms with E-state index in [1.807, 2.05) is 0 Å². The van der Waals surface area contributed by atoms with Gasteiger partial charge in [0.05, 0.1) is 7.11 Å². The largest absolute Gasteiger partial charge is 0.491 e. The summed E-state index contributed by atoms with van der Waals surface area (Å²) in [5.41, 5.74) is 0.609. The van der Waals surface area contributed by atoms with Crippen LogP contribution in [-0.2, 0) is 0 Å². The highest BCUT2D eigenvalue weighted by atomic mass is 19.2. The number of ether oxygens (including phenoxy) is 1. The molecule has 2 aromatic carbocycles. The second kappa shape index (κ2) is 7.71. The first-order chi connectivity index (χ1) is 14.8. The SMILES string of the molecule is COc1c(F)c(F)c(F)c(C(=O)Nc2cccc(-c3nc4ncccc4o3)c2C)c1F. The highest BCUT2D eigenvalue weighted by Crippen LogP contribution is 2.33. The van der Waals surface area contributed by atoms with Gasteiger partial charge >= 0.3 is 0 Å². The Kier molecular flexibility index (Phi) is 5.05. The Morgan fingerprint density at radius 3 is 2.52 bits per heavy atom. The number of anilines is 1. The average Bonchev–Trinajstić information content (AvgIpc) is 3.18. The number of rotatable bonds is 4. The number of nitrogens with one attached hydrogen (secondary N) is 1. The van der Waals surface area contributed by atoms with E-state index < -0.39 is 40.5 Å². The molecule has 10 heteroatoms. The number of pyridine rings is 1. The number of hydrogen-bond acceptors (Lipinski definition) is 5. The molecule has 0 radical (unpaired) electrons. The minimum absolute atomic E-state index is 0.153. The molecule has 0 fully saturated rings. The summed E-state index contributed by atoms with van der Waals surface area (Å²) in [5, 5.41) is 2.30. The summed E-state index contributed by atoms with van der Waals surface area (Å²) in [4.78, 5) is 20.9. The van der Waals surface area contributed by atoms with Gasteiger partial charge in [0.2, 0.25) is 11.7 Å². The maximum atomic E-state index is 14.4. The van der Waals surface area contributed by atoms with Crippen LogP contribution in [0.25, 0.3) is 22.7 Å². The zero-order valence-corrected chi connectivity index (χ0v) is 16.1. The van der Waals surface area contributed by atoms with Gasteiger partial charge in [0.15, 0.2) is 34.4 Å². The van der Waals surface area contributed by atoms with Gasteiger partial charge in [-0.25, -0.2) is 18.2 Å². The molecule has 1 amide bonds. The molecule has 4 aromatic rings. The fourth-order valence-electron chi connectivity index (χ4n) is 3.06. The van der Waals surface area contributed by atoms with Crippen LogP contribution < -0.4 is 10.1 Å². The van der Waals surface area contributed by atoms with Crippen LogP contribution in [0, 0.1) is 30.2 Å². The first-order valence-corrected chi connectivity index (χ1v) is 8.86. The third-order valence-corrected chi connectivity index (χ3v) is 4.63. The number of amides is 1. The average molecular weight is 431 g/mol. The summed E-state index contributed by atoms with van der Waals surface area (Å²) < 4.78 is 66.1. The summed E-state index contributed by atoms with van der Waals surface area (Å²) in [6, 6.07) is 8.04. The number of methoxy groups -OCH3 is 1. The van der Waals surface area contributed by atoms with Crippen molar-refractivity contribution < 1.29 is 31.5 Å². The van der Waals surface area contributed by atoms with Gasteiger partial charge in [-0.2, -0.15) is 9.37 Å². The second-order valence-electron chi connectivity index (χ2n) is 6.44. The second-order valence-corrected chi connectivity index (χ2v) is 6.44. The third kappa shape index (κ3) is 3.35. The van der Waals surface area contributed by atoms with Crippen LogP contribution in [0.2, 0.25) is 0 Å². The molecule has 6 nitrogen and oxygen atoms in total. The number of aromatic nitrogens is 2. The highest BCUT2D eigenvalue weighted by Gasteiger charge is 2.30. The van der Waals surface area contributed by atoms with Crippen molar-refractivity contribution in [1.29, 1.82) is 0 Å². The molecule has 0 aliphatic carbocycles. The first kappa shape index (κ1) is 20.3. The molecule has 4 rings (SSSR count). The normalized spacial score (nSPS) is 11.0. The minimum atomic E-state index is -2.02. The van der Waals surface area contributed by atoms with Crippen LogP contribution in [0.5, 0.6) is 5.75 Å². The van der Waals surface area contributed by atoms with Crippen molar-refractivity contribution in [1.82, 2.24) is 9.97 Å². The quantitative estimate of drug-likeness (QED) is 0.279. The molecule has 0 aliphatic rings. The van der Waals surface area contributed by atoms with Crippen molar-refractivity contribution >= 4 is 22.8 Å². The fraction of sp³-hybridized carbons (Fsp3) is 0.0952. The number of fused-ring (bicyclic) bond motifs is 1. The van der Waals surface area contributed by atoms with Gasteiger partial charge in [0, 0.05) is 17.4 Å². The number of hydrogen-bond donors (Lipinski definition) is 1. The fourth-order valence-corrected chi connectivity index (χ4v) is 3.06. The Balaban J connectivity index is 1.74. The van der Waals surface area contributed by atoms with Crippen molar-refractivity contribution in [3.8, 4) is 17.2 Å². The Hall–Kier alpha value is -3.95. The zero-order valence-electron chi connectivity index (χ0n) is 16.1. The number of benzene rings is 2. The van der Waals surface area contributed by atoms with E-state index in [9.17, 15) is 22.4 Å². The van der Waals surface area contributed by atoms with Gasteiger partial charge in [-0.1, -0.05) is 6.07 Å². The highest BCUT2D eigenvalue weighted by molar-refractivity contribution is 6.05. The van der Waals surface area contributed by atoms with E-state index in [0.29, 0.717) is 22.4 Å². The Morgan fingerprint density at radius 2 is 1.81 bits per heavy atom. The lowest BCUT2D eigenvalue weighted by atomic mass is 10.1. The maximum Gasteiger partial charge on any atom is 0.261 e. The predicted molar refractivity (Wildman–Crippen MR) is 103 cm³/mol. The maximum absolute atomic E-state index is 14.4. The number of nitrogens with zero attached hydrogens (tertiary/aromatic N) is 2. The van der Waals surface area contributed by atoms with E-state index >= 15 is 0 Å². The summed E-state index contributed by atoms with van der Waals surface area (Å²) in [5.74, 6) is -9.82. The number of halogens is 4. The Bertz CT molecular complexity index is 1300. The van der Waals surface area contributed by atoms with E-state index in [-0.39, 0.29) is 11.6 Å². The van der Waals surface area contributed by atoms with Gasteiger partial charge < -0.3 is 14.5 Å². The van der Waals surface area contributed by atoms with Crippen LogP contribution in [0.4, 0.5) is 23.2 Å². The van der Waals surface area contributed by atoms with Gasteiger partial charge in [-0.05, 0) is 36.8 Å². The standard InChI is InChI=1S/C21H13F4N3O3/c1-9-10(21-28-19-12(31-21)7-4-8-26-19)5-3-6-11(9)27-20(29)13-14(22)16(24)17(25)18(30-2)15(13)23/h3-8H,1-2H3,(H,27,29). The lowest BCUT2D eigenvalue weighted by Crippen LogP contribution is -2.19. The lowest BCUT2D eigenvalue weighted by molar-refractivity contribution is 0.101. The smallest absolute Gasteiger partial charge is 0.261 e. The van der Waals surface area contributed by atoms with Gasteiger partial charge in [-0.15, -0.1) is 0 Å². The third-order valence-electron chi connectivity index (χ3n) is 4.63. The van der Waals surface area contributed by atoms with E-state index in [1.54, 1.807) is 37.4 Å². The summed E-state index contributed by atoms with van der Waals surface area (Å²) in [6.45, 7) is 1.62.